The van der Waals surface area contributed by atoms with Crippen molar-refractivity contribution < 1.29 is 9.47 Å². The van der Waals surface area contributed by atoms with Gasteiger partial charge in [0, 0.05) is 25.2 Å². The van der Waals surface area contributed by atoms with Crippen LogP contribution in [0.25, 0.3) is 0 Å². The van der Waals surface area contributed by atoms with Crippen molar-refractivity contribution in [2.24, 2.45) is 5.41 Å². The largest absolute Gasteiger partial charge is 0.497 e. The van der Waals surface area contributed by atoms with Gasteiger partial charge in [0.15, 0.2) is 0 Å². The van der Waals surface area contributed by atoms with E-state index in [4.69, 9.17) is 9.47 Å². The lowest BCUT2D eigenvalue weighted by Gasteiger charge is -2.30. The second kappa shape index (κ2) is 6.04. The van der Waals surface area contributed by atoms with Gasteiger partial charge in [-0.1, -0.05) is 27.7 Å². The highest BCUT2D eigenvalue weighted by atomic mass is 16.5. The first-order valence-corrected chi connectivity index (χ1v) is 7.47. The molecule has 2 rings (SSSR count). The number of fused-ring (bicyclic) bond motifs is 1. The molecule has 20 heavy (non-hydrogen) atoms. The molecule has 0 saturated carbocycles. The normalized spacial score (nSPS) is 19.9. The monoisotopic (exact) mass is 277 g/mol. The molecule has 3 heteroatoms. The van der Waals surface area contributed by atoms with E-state index in [0.29, 0.717) is 5.41 Å². The van der Waals surface area contributed by atoms with Gasteiger partial charge in [-0.25, -0.2) is 0 Å². The van der Waals surface area contributed by atoms with Crippen LogP contribution in [0, 0.1) is 5.41 Å². The van der Waals surface area contributed by atoms with Crippen molar-refractivity contribution in [1.82, 2.24) is 4.90 Å². The molecule has 0 aromatic heterocycles. The Morgan fingerprint density at radius 3 is 2.70 bits per heavy atom. The van der Waals surface area contributed by atoms with Crippen LogP contribution in [0.15, 0.2) is 18.2 Å². The Hall–Kier alpha value is -1.22. The van der Waals surface area contributed by atoms with E-state index in [9.17, 15) is 0 Å². The molecule has 1 aromatic carbocycles. The Morgan fingerprint density at radius 2 is 2.10 bits per heavy atom. The topological polar surface area (TPSA) is 21.7 Å². The van der Waals surface area contributed by atoms with Crippen molar-refractivity contribution in [1.29, 1.82) is 0 Å². The fourth-order valence-corrected chi connectivity index (χ4v) is 2.74. The Kier molecular flexibility index (Phi) is 4.59. The zero-order valence-corrected chi connectivity index (χ0v) is 13.4. The van der Waals surface area contributed by atoms with Crippen molar-refractivity contribution in [2.45, 2.75) is 46.8 Å². The zero-order chi connectivity index (χ0) is 14.8. The average molecular weight is 277 g/mol. The van der Waals surface area contributed by atoms with E-state index >= 15 is 0 Å². The molecule has 1 unspecified atom stereocenters. The maximum Gasteiger partial charge on any atom is 0.124 e. The summed E-state index contributed by atoms with van der Waals surface area (Å²) in [4.78, 5) is 2.50. The van der Waals surface area contributed by atoms with E-state index < -0.39 is 0 Å². The highest BCUT2D eigenvalue weighted by Crippen LogP contribution is 2.30. The molecule has 0 saturated heterocycles. The minimum absolute atomic E-state index is 0.270. The standard InChI is InChI=1S/C17H27NO2/c1-6-14-11-18(12-17(2,3)4)10-13-9-15(19-5)7-8-16(13)20-14/h7-9,14H,6,10-12H2,1-5H3. The number of benzene rings is 1. The van der Waals surface area contributed by atoms with Gasteiger partial charge in [0.25, 0.3) is 0 Å². The van der Waals surface area contributed by atoms with Crippen molar-refractivity contribution in [3.8, 4) is 11.5 Å². The van der Waals surface area contributed by atoms with Crippen LogP contribution in [0.5, 0.6) is 11.5 Å². The predicted octanol–water partition coefficient (Wildman–Crippen LogP) is 3.71. The van der Waals surface area contributed by atoms with Crippen LogP contribution in [0.1, 0.15) is 39.7 Å². The van der Waals surface area contributed by atoms with E-state index in [1.165, 1.54) is 5.56 Å². The minimum Gasteiger partial charge on any atom is -0.497 e. The number of rotatable bonds is 3. The molecule has 0 bridgehead atoms. The summed E-state index contributed by atoms with van der Waals surface area (Å²) in [5.74, 6) is 1.91. The van der Waals surface area contributed by atoms with Crippen molar-refractivity contribution in [3.05, 3.63) is 23.8 Å². The Bertz CT molecular complexity index is 451. The number of ether oxygens (including phenoxy) is 2. The fourth-order valence-electron chi connectivity index (χ4n) is 2.74. The molecular formula is C17H27NO2. The van der Waals surface area contributed by atoms with Gasteiger partial charge in [-0.2, -0.15) is 0 Å². The third-order valence-corrected chi connectivity index (χ3v) is 3.57. The molecule has 1 aliphatic heterocycles. The van der Waals surface area contributed by atoms with Gasteiger partial charge in [-0.05, 0) is 30.0 Å². The molecular weight excluding hydrogens is 250 g/mol. The molecule has 3 nitrogen and oxygen atoms in total. The maximum atomic E-state index is 6.15. The predicted molar refractivity (Wildman–Crippen MR) is 82.4 cm³/mol. The summed E-state index contributed by atoms with van der Waals surface area (Å²) in [6.45, 7) is 12.0. The number of methoxy groups -OCH3 is 1. The van der Waals surface area contributed by atoms with Crippen LogP contribution in [0.4, 0.5) is 0 Å². The molecule has 0 spiro atoms. The molecule has 0 fully saturated rings. The zero-order valence-electron chi connectivity index (χ0n) is 13.4. The second-order valence-electron chi connectivity index (χ2n) is 6.85. The van der Waals surface area contributed by atoms with Crippen LogP contribution in [-0.2, 0) is 6.54 Å². The SMILES string of the molecule is CCC1CN(CC(C)(C)C)Cc2cc(OC)ccc2O1. The maximum absolute atomic E-state index is 6.15. The molecule has 1 aliphatic rings. The minimum atomic E-state index is 0.270. The lowest BCUT2D eigenvalue weighted by atomic mass is 9.95. The quantitative estimate of drug-likeness (QED) is 0.840. The van der Waals surface area contributed by atoms with E-state index in [0.717, 1.165) is 37.6 Å². The lowest BCUT2D eigenvalue weighted by molar-refractivity contribution is 0.117. The van der Waals surface area contributed by atoms with E-state index in [1.807, 2.05) is 12.1 Å². The smallest absolute Gasteiger partial charge is 0.124 e. The molecule has 0 amide bonds. The van der Waals surface area contributed by atoms with Crippen molar-refractivity contribution in [2.75, 3.05) is 20.2 Å². The molecule has 112 valence electrons. The highest BCUT2D eigenvalue weighted by molar-refractivity contribution is 5.41. The van der Waals surface area contributed by atoms with Crippen molar-refractivity contribution in [3.63, 3.8) is 0 Å². The summed E-state index contributed by atoms with van der Waals surface area (Å²) in [5.41, 5.74) is 1.52. The number of hydrogen-bond donors (Lipinski definition) is 0. The molecule has 0 radical (unpaired) electrons. The summed E-state index contributed by atoms with van der Waals surface area (Å²) in [6.07, 6.45) is 1.30. The Labute approximate surface area is 122 Å². The van der Waals surface area contributed by atoms with E-state index in [2.05, 4.69) is 38.7 Å². The van der Waals surface area contributed by atoms with Crippen LogP contribution in [-0.4, -0.2) is 31.2 Å². The average Bonchev–Trinajstić information content (AvgIpc) is 2.53. The third kappa shape index (κ3) is 3.89. The molecule has 1 aromatic rings. The van der Waals surface area contributed by atoms with Gasteiger partial charge in [0.05, 0.1) is 7.11 Å². The lowest BCUT2D eigenvalue weighted by Crippen LogP contribution is -2.37. The van der Waals surface area contributed by atoms with Crippen LogP contribution < -0.4 is 9.47 Å². The number of nitrogens with zero attached hydrogens (tertiary/aromatic N) is 1. The third-order valence-electron chi connectivity index (χ3n) is 3.57. The summed E-state index contributed by atoms with van der Waals surface area (Å²) >= 11 is 0. The Morgan fingerprint density at radius 1 is 1.35 bits per heavy atom. The summed E-state index contributed by atoms with van der Waals surface area (Å²) in [6, 6.07) is 6.12. The van der Waals surface area contributed by atoms with Gasteiger partial charge in [0.2, 0.25) is 0 Å². The first kappa shape index (κ1) is 15.2. The van der Waals surface area contributed by atoms with E-state index in [1.54, 1.807) is 7.11 Å². The van der Waals surface area contributed by atoms with Crippen LogP contribution >= 0.6 is 0 Å². The Balaban J connectivity index is 2.26. The van der Waals surface area contributed by atoms with Crippen LogP contribution in [0.3, 0.4) is 0 Å². The van der Waals surface area contributed by atoms with Gasteiger partial charge in [-0.15, -0.1) is 0 Å². The molecule has 0 N–H and O–H groups in total. The van der Waals surface area contributed by atoms with Gasteiger partial charge in [0.1, 0.15) is 17.6 Å². The van der Waals surface area contributed by atoms with Gasteiger partial charge in [-0.3, -0.25) is 4.90 Å². The first-order valence-electron chi connectivity index (χ1n) is 7.47. The fraction of sp³-hybridized carbons (Fsp3) is 0.647. The molecule has 1 atom stereocenters. The summed E-state index contributed by atoms with van der Waals surface area (Å²) < 4.78 is 11.5. The van der Waals surface area contributed by atoms with Gasteiger partial charge >= 0.3 is 0 Å². The number of hydrogen-bond acceptors (Lipinski definition) is 3. The van der Waals surface area contributed by atoms with E-state index in [-0.39, 0.29) is 6.10 Å². The molecule has 0 aliphatic carbocycles. The van der Waals surface area contributed by atoms with Crippen molar-refractivity contribution >= 4 is 0 Å². The second-order valence-corrected chi connectivity index (χ2v) is 6.85. The summed E-state index contributed by atoms with van der Waals surface area (Å²) in [7, 11) is 1.71. The van der Waals surface area contributed by atoms with Gasteiger partial charge < -0.3 is 9.47 Å². The first-order chi connectivity index (χ1) is 9.41. The highest BCUT2D eigenvalue weighted by Gasteiger charge is 2.25. The molecule has 1 heterocycles. The van der Waals surface area contributed by atoms with Crippen LogP contribution in [0.2, 0.25) is 0 Å². The summed E-state index contributed by atoms with van der Waals surface area (Å²) in [5, 5.41) is 0.